The van der Waals surface area contributed by atoms with Gasteiger partial charge in [0.05, 0.1) is 5.75 Å². The van der Waals surface area contributed by atoms with Crippen LogP contribution >= 0.6 is 11.8 Å². The van der Waals surface area contributed by atoms with E-state index < -0.39 is 10.0 Å². The predicted molar refractivity (Wildman–Crippen MR) is 82.3 cm³/mol. The van der Waals surface area contributed by atoms with Crippen LogP contribution in [0.1, 0.15) is 32.1 Å². The quantitative estimate of drug-likeness (QED) is 0.822. The zero-order chi connectivity index (χ0) is 14.4. The van der Waals surface area contributed by atoms with Crippen LogP contribution in [0, 0.1) is 5.92 Å². The third kappa shape index (κ3) is 4.63. The van der Waals surface area contributed by atoms with Gasteiger partial charge in [-0.05, 0) is 12.8 Å². The number of carbonyl (C=O) groups excluding carboxylic acids is 1. The Labute approximate surface area is 125 Å². The molecule has 2 fully saturated rings. The smallest absolute Gasteiger partial charge is 0.223 e. The summed E-state index contributed by atoms with van der Waals surface area (Å²) in [5.41, 5.74) is 0. The molecule has 2 rings (SSSR count). The van der Waals surface area contributed by atoms with E-state index in [0.29, 0.717) is 13.1 Å². The Kier molecular flexibility index (Phi) is 6.17. The summed E-state index contributed by atoms with van der Waals surface area (Å²) < 4.78 is 25.8. The number of nitrogens with zero attached hydrogens (tertiary/aromatic N) is 1. The molecule has 0 aromatic carbocycles. The number of carbonyl (C=O) groups is 1. The molecule has 7 heteroatoms. The lowest BCUT2D eigenvalue weighted by molar-refractivity contribution is -0.125. The third-order valence-corrected chi connectivity index (χ3v) is 6.81. The Hall–Kier alpha value is -0.270. The molecule has 1 N–H and O–H groups in total. The van der Waals surface area contributed by atoms with Crippen LogP contribution in [0.15, 0.2) is 0 Å². The first-order valence-corrected chi connectivity index (χ1v) is 10.2. The Balaban J connectivity index is 1.72. The second-order valence-corrected chi connectivity index (χ2v) is 8.77. The van der Waals surface area contributed by atoms with E-state index in [-0.39, 0.29) is 24.1 Å². The topological polar surface area (TPSA) is 66.5 Å². The molecule has 0 aromatic rings. The van der Waals surface area contributed by atoms with Crippen molar-refractivity contribution in [2.45, 2.75) is 32.1 Å². The van der Waals surface area contributed by atoms with Crippen molar-refractivity contribution in [1.29, 1.82) is 0 Å². The summed E-state index contributed by atoms with van der Waals surface area (Å²) in [5, 5.41) is 2.80. The fraction of sp³-hybridized carbons (Fsp3) is 0.923. The molecule has 1 aliphatic heterocycles. The standard InChI is InChI=1S/C13H24N2O3S2/c16-13(12-4-2-1-3-5-12)14-6-11-20(17,18)15-7-9-19-10-8-15/h12H,1-11H2,(H,14,16). The number of hydrogen-bond donors (Lipinski definition) is 1. The van der Waals surface area contributed by atoms with Crippen LogP contribution < -0.4 is 5.32 Å². The van der Waals surface area contributed by atoms with Gasteiger partial charge in [-0.2, -0.15) is 11.8 Å². The van der Waals surface area contributed by atoms with Crippen molar-refractivity contribution in [1.82, 2.24) is 9.62 Å². The molecule has 20 heavy (non-hydrogen) atoms. The highest BCUT2D eigenvalue weighted by molar-refractivity contribution is 7.99. The minimum absolute atomic E-state index is 0.0239. The molecule has 1 aliphatic carbocycles. The van der Waals surface area contributed by atoms with Crippen LogP contribution in [0.3, 0.4) is 0 Å². The summed E-state index contributed by atoms with van der Waals surface area (Å²) in [5.74, 6) is 1.89. The van der Waals surface area contributed by atoms with Crippen molar-refractivity contribution in [3.05, 3.63) is 0 Å². The molecular weight excluding hydrogens is 296 g/mol. The first-order valence-electron chi connectivity index (χ1n) is 7.43. The molecule has 0 atom stereocenters. The Bertz CT molecular complexity index is 413. The number of thioether (sulfide) groups is 1. The van der Waals surface area contributed by atoms with Crippen molar-refractivity contribution in [3.8, 4) is 0 Å². The molecule has 116 valence electrons. The summed E-state index contributed by atoms with van der Waals surface area (Å²) in [6.07, 6.45) is 5.33. The van der Waals surface area contributed by atoms with Crippen LogP contribution in [0.2, 0.25) is 0 Å². The zero-order valence-electron chi connectivity index (χ0n) is 11.8. The lowest BCUT2D eigenvalue weighted by Crippen LogP contribution is -2.42. The lowest BCUT2D eigenvalue weighted by Gasteiger charge is -2.26. The molecule has 1 saturated heterocycles. The van der Waals surface area contributed by atoms with Gasteiger partial charge in [-0.3, -0.25) is 4.79 Å². The van der Waals surface area contributed by atoms with Crippen LogP contribution in [0.25, 0.3) is 0 Å². The highest BCUT2D eigenvalue weighted by Crippen LogP contribution is 2.23. The van der Waals surface area contributed by atoms with Crippen molar-refractivity contribution < 1.29 is 13.2 Å². The SMILES string of the molecule is O=C(NCCS(=O)(=O)N1CCSCC1)C1CCCCC1. The Morgan fingerprint density at radius 3 is 2.45 bits per heavy atom. The first-order chi connectivity index (χ1) is 9.59. The zero-order valence-corrected chi connectivity index (χ0v) is 13.5. The summed E-state index contributed by atoms with van der Waals surface area (Å²) in [7, 11) is -3.20. The molecule has 0 unspecified atom stereocenters. The maximum absolute atomic E-state index is 12.1. The molecule has 0 spiro atoms. The van der Waals surface area contributed by atoms with Gasteiger partial charge < -0.3 is 5.32 Å². The van der Waals surface area contributed by atoms with E-state index in [1.807, 2.05) is 0 Å². The molecule has 2 aliphatic rings. The summed E-state index contributed by atoms with van der Waals surface area (Å²) in [6.45, 7) is 1.44. The molecule has 0 bridgehead atoms. The highest BCUT2D eigenvalue weighted by atomic mass is 32.2. The van der Waals surface area contributed by atoms with E-state index in [0.717, 1.165) is 37.2 Å². The maximum atomic E-state index is 12.1. The van der Waals surface area contributed by atoms with E-state index in [9.17, 15) is 13.2 Å². The average Bonchev–Trinajstić information content (AvgIpc) is 2.49. The minimum Gasteiger partial charge on any atom is -0.355 e. The predicted octanol–water partition coefficient (Wildman–Crippen LogP) is 1.06. The summed E-state index contributed by atoms with van der Waals surface area (Å²) in [6, 6.07) is 0. The van der Waals surface area contributed by atoms with Gasteiger partial charge in [-0.15, -0.1) is 0 Å². The van der Waals surface area contributed by atoms with E-state index in [2.05, 4.69) is 5.32 Å². The Morgan fingerprint density at radius 2 is 1.80 bits per heavy atom. The van der Waals surface area contributed by atoms with Gasteiger partial charge in [0.25, 0.3) is 0 Å². The first kappa shape index (κ1) is 16.1. The molecule has 0 radical (unpaired) electrons. The molecule has 1 amide bonds. The van der Waals surface area contributed by atoms with Gasteiger partial charge in [0.1, 0.15) is 0 Å². The van der Waals surface area contributed by atoms with E-state index >= 15 is 0 Å². The molecule has 1 saturated carbocycles. The van der Waals surface area contributed by atoms with Gasteiger partial charge in [0.2, 0.25) is 15.9 Å². The van der Waals surface area contributed by atoms with E-state index in [4.69, 9.17) is 0 Å². The average molecular weight is 320 g/mol. The summed E-state index contributed by atoms with van der Waals surface area (Å²) in [4.78, 5) is 11.9. The van der Waals surface area contributed by atoms with Crippen LogP contribution in [0.4, 0.5) is 0 Å². The van der Waals surface area contributed by atoms with Crippen LogP contribution in [-0.2, 0) is 14.8 Å². The number of amides is 1. The van der Waals surface area contributed by atoms with E-state index in [1.165, 1.54) is 6.42 Å². The van der Waals surface area contributed by atoms with Crippen molar-refractivity contribution in [2.75, 3.05) is 36.9 Å². The van der Waals surface area contributed by atoms with Gasteiger partial charge in [-0.1, -0.05) is 19.3 Å². The highest BCUT2D eigenvalue weighted by Gasteiger charge is 2.25. The number of nitrogens with one attached hydrogen (secondary N) is 1. The number of hydrogen-bond acceptors (Lipinski definition) is 4. The lowest BCUT2D eigenvalue weighted by atomic mass is 9.89. The van der Waals surface area contributed by atoms with Gasteiger partial charge in [-0.25, -0.2) is 12.7 Å². The van der Waals surface area contributed by atoms with E-state index in [1.54, 1.807) is 16.1 Å². The number of sulfonamides is 1. The van der Waals surface area contributed by atoms with Crippen LogP contribution in [-0.4, -0.2) is 55.5 Å². The van der Waals surface area contributed by atoms with Crippen molar-refractivity contribution in [2.24, 2.45) is 5.92 Å². The fourth-order valence-electron chi connectivity index (χ4n) is 2.77. The monoisotopic (exact) mass is 320 g/mol. The summed E-state index contributed by atoms with van der Waals surface area (Å²) >= 11 is 1.79. The third-order valence-electron chi connectivity index (χ3n) is 4.00. The molecule has 5 nitrogen and oxygen atoms in total. The van der Waals surface area contributed by atoms with Crippen LogP contribution in [0.5, 0.6) is 0 Å². The van der Waals surface area contributed by atoms with Crippen molar-refractivity contribution in [3.63, 3.8) is 0 Å². The molecule has 1 heterocycles. The van der Waals surface area contributed by atoms with Gasteiger partial charge >= 0.3 is 0 Å². The van der Waals surface area contributed by atoms with Gasteiger partial charge in [0.15, 0.2) is 0 Å². The largest absolute Gasteiger partial charge is 0.355 e. The second-order valence-electron chi connectivity index (χ2n) is 5.45. The van der Waals surface area contributed by atoms with Crippen molar-refractivity contribution >= 4 is 27.7 Å². The number of rotatable bonds is 5. The normalized spacial score (nSPS) is 22.6. The molecule has 0 aromatic heterocycles. The Morgan fingerprint density at radius 1 is 1.15 bits per heavy atom. The fourth-order valence-corrected chi connectivity index (χ4v) is 5.26. The maximum Gasteiger partial charge on any atom is 0.223 e. The minimum atomic E-state index is -3.20. The second kappa shape index (κ2) is 7.66. The molecular formula is C13H24N2O3S2. The van der Waals surface area contributed by atoms with Gasteiger partial charge in [0, 0.05) is 37.1 Å².